The fourth-order valence-corrected chi connectivity index (χ4v) is 2.47. The lowest BCUT2D eigenvalue weighted by atomic mass is 10.2. The predicted octanol–water partition coefficient (Wildman–Crippen LogP) is 3.91. The van der Waals surface area contributed by atoms with Gasteiger partial charge in [-0.1, -0.05) is 12.1 Å². The van der Waals surface area contributed by atoms with E-state index >= 15 is 0 Å². The number of hydrogen-bond acceptors (Lipinski definition) is 6. The van der Waals surface area contributed by atoms with Gasteiger partial charge in [0.05, 0.1) is 35.1 Å². The third-order valence-electron chi connectivity index (χ3n) is 3.80. The van der Waals surface area contributed by atoms with Gasteiger partial charge in [0.1, 0.15) is 6.61 Å². The molecule has 0 saturated carbocycles. The number of hydrogen-bond donors (Lipinski definition) is 0. The number of rotatable bonds is 6. The molecule has 2 aromatic carbocycles. The van der Waals surface area contributed by atoms with Crippen LogP contribution in [0.25, 0.3) is 11.0 Å². The number of carbonyl (C=O) groups is 1. The van der Waals surface area contributed by atoms with E-state index in [9.17, 15) is 13.6 Å². The van der Waals surface area contributed by atoms with Crippen LogP contribution in [-0.2, 0) is 11.3 Å². The van der Waals surface area contributed by atoms with Crippen LogP contribution in [0.4, 0.5) is 8.78 Å². The summed E-state index contributed by atoms with van der Waals surface area (Å²) in [5.74, 6) is -0.807. The Balaban J connectivity index is 1.75. The van der Waals surface area contributed by atoms with Gasteiger partial charge in [-0.25, -0.2) is 14.8 Å². The van der Waals surface area contributed by atoms with Crippen LogP contribution >= 0.6 is 0 Å². The van der Waals surface area contributed by atoms with Gasteiger partial charge in [-0.3, -0.25) is 0 Å². The fraction of sp³-hybridized carbons (Fsp3) is 0.211. The summed E-state index contributed by atoms with van der Waals surface area (Å²) in [6, 6.07) is 11.2. The maximum absolute atomic E-state index is 12.4. The van der Waals surface area contributed by atoms with Crippen LogP contribution in [0.15, 0.2) is 42.5 Å². The topological polar surface area (TPSA) is 70.5 Å². The Morgan fingerprint density at radius 3 is 2.44 bits per heavy atom. The van der Waals surface area contributed by atoms with Crippen molar-refractivity contribution in [1.29, 1.82) is 0 Å². The van der Waals surface area contributed by atoms with Gasteiger partial charge < -0.3 is 14.2 Å². The first-order chi connectivity index (χ1) is 13.0. The Morgan fingerprint density at radius 2 is 1.78 bits per heavy atom. The second-order valence-corrected chi connectivity index (χ2v) is 5.56. The molecule has 0 fully saturated rings. The van der Waals surface area contributed by atoms with E-state index in [0.29, 0.717) is 16.9 Å². The predicted molar refractivity (Wildman–Crippen MR) is 93.0 cm³/mol. The molecule has 27 heavy (non-hydrogen) atoms. The lowest BCUT2D eigenvalue weighted by Gasteiger charge is -2.11. The number of fused-ring (bicyclic) bond motifs is 1. The molecule has 0 spiro atoms. The average Bonchev–Trinajstić information content (AvgIpc) is 2.66. The van der Waals surface area contributed by atoms with Gasteiger partial charge in [0, 0.05) is 0 Å². The Morgan fingerprint density at radius 1 is 1.07 bits per heavy atom. The lowest BCUT2D eigenvalue weighted by Crippen LogP contribution is -2.09. The van der Waals surface area contributed by atoms with E-state index in [2.05, 4.69) is 14.7 Å². The molecule has 0 saturated heterocycles. The van der Waals surface area contributed by atoms with Crippen molar-refractivity contribution in [2.24, 2.45) is 0 Å². The van der Waals surface area contributed by atoms with E-state index in [1.165, 1.54) is 25.3 Å². The molecule has 0 aliphatic carbocycles. The number of aromatic nitrogens is 2. The van der Waals surface area contributed by atoms with E-state index < -0.39 is 12.6 Å². The second-order valence-electron chi connectivity index (χ2n) is 5.56. The molecule has 140 valence electrons. The number of alkyl halides is 2. The summed E-state index contributed by atoms with van der Waals surface area (Å²) >= 11 is 0. The third kappa shape index (κ3) is 4.28. The highest BCUT2D eigenvalue weighted by Crippen LogP contribution is 2.29. The molecule has 0 unspecified atom stereocenters. The highest BCUT2D eigenvalue weighted by atomic mass is 19.3. The van der Waals surface area contributed by atoms with Crippen LogP contribution in [-0.4, -0.2) is 29.7 Å². The molecule has 1 aromatic heterocycles. The van der Waals surface area contributed by atoms with Crippen molar-refractivity contribution >= 4 is 17.0 Å². The first kappa shape index (κ1) is 18.5. The molecule has 0 radical (unpaired) electrons. The van der Waals surface area contributed by atoms with Crippen LogP contribution in [0, 0.1) is 6.92 Å². The SMILES string of the molecule is COc1cc(C(=O)OCc2nc3ccccc3nc2C)ccc1OC(F)F. The summed E-state index contributed by atoms with van der Waals surface area (Å²) in [5.41, 5.74) is 2.78. The van der Waals surface area contributed by atoms with Crippen LogP contribution in [0.3, 0.4) is 0 Å². The van der Waals surface area contributed by atoms with Crippen molar-refractivity contribution in [2.45, 2.75) is 20.1 Å². The Hall–Kier alpha value is -3.29. The largest absolute Gasteiger partial charge is 0.493 e. The molecule has 0 aliphatic heterocycles. The maximum atomic E-state index is 12.4. The van der Waals surface area contributed by atoms with E-state index in [-0.39, 0.29) is 23.7 Å². The van der Waals surface area contributed by atoms with E-state index in [0.717, 1.165) is 5.52 Å². The number of halogens is 2. The van der Waals surface area contributed by atoms with Gasteiger partial charge in [-0.2, -0.15) is 8.78 Å². The average molecular weight is 374 g/mol. The molecule has 6 nitrogen and oxygen atoms in total. The van der Waals surface area contributed by atoms with Gasteiger partial charge in [0.2, 0.25) is 0 Å². The Labute approximate surface area is 153 Å². The molecule has 0 N–H and O–H groups in total. The number of methoxy groups -OCH3 is 1. The minimum Gasteiger partial charge on any atom is -0.493 e. The number of carbonyl (C=O) groups excluding carboxylic acids is 1. The quantitative estimate of drug-likeness (QED) is 0.610. The number of aryl methyl sites for hydroxylation is 1. The number of benzene rings is 2. The summed E-state index contributed by atoms with van der Waals surface area (Å²) in [5, 5.41) is 0. The molecule has 0 bridgehead atoms. The normalized spacial score (nSPS) is 10.9. The first-order valence-electron chi connectivity index (χ1n) is 8.00. The molecule has 1 heterocycles. The summed E-state index contributed by atoms with van der Waals surface area (Å²) in [6.07, 6.45) is 0. The van der Waals surface area contributed by atoms with E-state index in [4.69, 9.17) is 9.47 Å². The Bertz CT molecular complexity index is 979. The molecule has 3 rings (SSSR count). The van der Waals surface area contributed by atoms with Crippen molar-refractivity contribution in [3.05, 3.63) is 59.4 Å². The molecular formula is C19H16F2N2O4. The van der Waals surface area contributed by atoms with Crippen LogP contribution in [0.1, 0.15) is 21.7 Å². The number of ether oxygens (including phenoxy) is 3. The third-order valence-corrected chi connectivity index (χ3v) is 3.80. The minimum absolute atomic E-state index is 0.00595. The zero-order chi connectivity index (χ0) is 19.4. The highest BCUT2D eigenvalue weighted by molar-refractivity contribution is 5.90. The van der Waals surface area contributed by atoms with Crippen LogP contribution in [0.5, 0.6) is 11.5 Å². The molecule has 3 aromatic rings. The lowest BCUT2D eigenvalue weighted by molar-refractivity contribution is -0.0512. The van der Waals surface area contributed by atoms with Gasteiger partial charge in [-0.05, 0) is 37.3 Å². The van der Waals surface area contributed by atoms with Crippen molar-refractivity contribution < 1.29 is 27.8 Å². The minimum atomic E-state index is -2.99. The summed E-state index contributed by atoms with van der Waals surface area (Å²) in [7, 11) is 1.29. The monoisotopic (exact) mass is 374 g/mol. The van der Waals surface area contributed by atoms with E-state index in [1.807, 2.05) is 24.3 Å². The smallest absolute Gasteiger partial charge is 0.387 e. The maximum Gasteiger partial charge on any atom is 0.387 e. The molecule has 0 amide bonds. The van der Waals surface area contributed by atoms with Gasteiger partial charge in [0.25, 0.3) is 0 Å². The van der Waals surface area contributed by atoms with Gasteiger partial charge in [0.15, 0.2) is 11.5 Å². The van der Waals surface area contributed by atoms with Crippen LogP contribution in [0.2, 0.25) is 0 Å². The molecule has 8 heteroatoms. The second kappa shape index (κ2) is 7.94. The van der Waals surface area contributed by atoms with Crippen molar-refractivity contribution in [1.82, 2.24) is 9.97 Å². The van der Waals surface area contributed by atoms with Gasteiger partial charge in [-0.15, -0.1) is 0 Å². The zero-order valence-corrected chi connectivity index (χ0v) is 14.6. The zero-order valence-electron chi connectivity index (χ0n) is 14.6. The molecular weight excluding hydrogens is 358 g/mol. The summed E-state index contributed by atoms with van der Waals surface area (Å²) < 4.78 is 39.3. The van der Waals surface area contributed by atoms with Crippen LogP contribution < -0.4 is 9.47 Å². The van der Waals surface area contributed by atoms with Crippen molar-refractivity contribution in [3.8, 4) is 11.5 Å². The standard InChI is InChI=1S/C19H16F2N2O4/c1-11-15(23-14-6-4-3-5-13(14)22-11)10-26-18(24)12-7-8-16(27-19(20)21)17(9-12)25-2/h3-9,19H,10H2,1-2H3. The van der Waals surface area contributed by atoms with Gasteiger partial charge >= 0.3 is 12.6 Å². The highest BCUT2D eigenvalue weighted by Gasteiger charge is 2.16. The summed E-state index contributed by atoms with van der Waals surface area (Å²) in [4.78, 5) is 21.2. The summed E-state index contributed by atoms with van der Waals surface area (Å²) in [6.45, 7) is -1.28. The number of nitrogens with zero attached hydrogens (tertiary/aromatic N) is 2. The van der Waals surface area contributed by atoms with Crippen molar-refractivity contribution in [2.75, 3.05) is 7.11 Å². The number of esters is 1. The molecule has 0 aliphatic rings. The fourth-order valence-electron chi connectivity index (χ4n) is 2.47. The van der Waals surface area contributed by atoms with Crippen molar-refractivity contribution in [3.63, 3.8) is 0 Å². The Kier molecular flexibility index (Phi) is 5.44. The van der Waals surface area contributed by atoms with E-state index in [1.54, 1.807) is 6.92 Å². The number of para-hydroxylation sites is 2. The molecule has 0 atom stereocenters. The first-order valence-corrected chi connectivity index (χ1v) is 8.00.